The van der Waals surface area contributed by atoms with Gasteiger partial charge in [-0.3, -0.25) is 0 Å². The highest BCUT2D eigenvalue weighted by Crippen LogP contribution is 2.45. The fourth-order valence-corrected chi connectivity index (χ4v) is 4.39. The Bertz CT molecular complexity index is 668. The summed E-state index contributed by atoms with van der Waals surface area (Å²) >= 11 is 3.12. The first-order valence-corrected chi connectivity index (χ1v) is 9.21. The van der Waals surface area contributed by atoms with E-state index in [2.05, 4.69) is 20.7 Å². The molecule has 0 amide bonds. The summed E-state index contributed by atoms with van der Waals surface area (Å²) in [5.41, 5.74) is -0.0488. The number of benzene rings is 1. The van der Waals surface area contributed by atoms with Crippen LogP contribution in [0.5, 0.6) is 0 Å². The molecule has 0 bridgehead atoms. The number of carboxylic acids is 1. The molecule has 0 heterocycles. The molecule has 0 unspecified atom stereocenters. The predicted octanol–water partition coefficient (Wildman–Crippen LogP) is 2.61. The number of hydrogen-bond acceptors (Lipinski definition) is 3. The third-order valence-electron chi connectivity index (χ3n) is 4.03. The average Bonchev–Trinajstić information content (AvgIpc) is 3.27. The first-order chi connectivity index (χ1) is 9.88. The molecule has 5 nitrogen and oxygen atoms in total. The van der Waals surface area contributed by atoms with Crippen molar-refractivity contribution in [3.8, 4) is 0 Å². The van der Waals surface area contributed by atoms with Crippen LogP contribution in [0, 0.1) is 11.8 Å². The Kier molecular flexibility index (Phi) is 3.83. The van der Waals surface area contributed by atoms with E-state index in [1.807, 2.05) is 0 Å². The highest BCUT2D eigenvalue weighted by atomic mass is 79.9. The van der Waals surface area contributed by atoms with Crippen molar-refractivity contribution < 1.29 is 18.3 Å². The molecule has 2 aliphatic rings. The first kappa shape index (κ1) is 15.0. The van der Waals surface area contributed by atoms with E-state index in [9.17, 15) is 13.2 Å². The predicted molar refractivity (Wildman–Crippen MR) is 80.7 cm³/mol. The fraction of sp³-hybridized carbons (Fsp3) is 0.500. The Morgan fingerprint density at radius 3 is 2.29 bits per heavy atom. The van der Waals surface area contributed by atoms with Crippen LogP contribution < -0.4 is 4.72 Å². The zero-order valence-electron chi connectivity index (χ0n) is 11.3. The second-order valence-electron chi connectivity index (χ2n) is 5.77. The van der Waals surface area contributed by atoms with Crippen molar-refractivity contribution >= 4 is 31.9 Å². The number of halogens is 1. The molecule has 0 aliphatic heterocycles. The van der Waals surface area contributed by atoms with Gasteiger partial charge in [-0.2, -0.15) is 0 Å². The molecule has 0 atom stereocenters. The van der Waals surface area contributed by atoms with Gasteiger partial charge in [0.15, 0.2) is 0 Å². The van der Waals surface area contributed by atoms with Crippen LogP contribution in [0.15, 0.2) is 27.6 Å². The number of aromatic carboxylic acids is 1. The molecule has 2 N–H and O–H groups in total. The summed E-state index contributed by atoms with van der Waals surface area (Å²) in [6, 6.07) is 4.09. The molecule has 2 fully saturated rings. The van der Waals surface area contributed by atoms with E-state index >= 15 is 0 Å². The van der Waals surface area contributed by atoms with Crippen molar-refractivity contribution in [3.63, 3.8) is 0 Å². The SMILES string of the molecule is O=C(O)c1cc(S(=O)(=O)NC(C2CC2)C2CC2)ccc1Br. The standard InChI is InChI=1S/C14H16BrNO4S/c15-12-6-5-10(7-11(12)14(17)18)21(19,20)16-13(8-1-2-8)9-3-4-9/h5-9,13,16H,1-4H2,(H,17,18). The van der Waals surface area contributed by atoms with E-state index in [4.69, 9.17) is 5.11 Å². The average molecular weight is 374 g/mol. The van der Waals surface area contributed by atoms with Gasteiger partial charge in [-0.25, -0.2) is 17.9 Å². The minimum Gasteiger partial charge on any atom is -0.478 e. The van der Waals surface area contributed by atoms with Gasteiger partial charge in [0.2, 0.25) is 10.0 Å². The Balaban J connectivity index is 1.87. The van der Waals surface area contributed by atoms with Crippen LogP contribution in [0.25, 0.3) is 0 Å². The van der Waals surface area contributed by atoms with Gasteiger partial charge in [0, 0.05) is 10.5 Å². The minimum atomic E-state index is -3.68. The Labute approximate surface area is 131 Å². The molecule has 1 aromatic rings. The summed E-state index contributed by atoms with van der Waals surface area (Å²) in [4.78, 5) is 11.1. The Morgan fingerprint density at radius 1 is 1.24 bits per heavy atom. The lowest BCUT2D eigenvalue weighted by atomic mass is 10.1. The highest BCUT2D eigenvalue weighted by molar-refractivity contribution is 9.10. The van der Waals surface area contributed by atoms with E-state index in [-0.39, 0.29) is 16.5 Å². The van der Waals surface area contributed by atoms with Gasteiger partial charge in [0.05, 0.1) is 10.5 Å². The second kappa shape index (κ2) is 5.37. The lowest BCUT2D eigenvalue weighted by Gasteiger charge is -2.18. The van der Waals surface area contributed by atoms with Crippen molar-refractivity contribution in [2.75, 3.05) is 0 Å². The molecule has 0 radical (unpaired) electrons. The third kappa shape index (κ3) is 3.30. The smallest absolute Gasteiger partial charge is 0.336 e. The summed E-state index contributed by atoms with van der Waals surface area (Å²) in [5, 5.41) is 9.09. The number of rotatable bonds is 6. The summed E-state index contributed by atoms with van der Waals surface area (Å²) in [6.45, 7) is 0. The molecule has 2 aliphatic carbocycles. The Morgan fingerprint density at radius 2 is 1.81 bits per heavy atom. The second-order valence-corrected chi connectivity index (χ2v) is 8.34. The number of carbonyl (C=O) groups is 1. The van der Waals surface area contributed by atoms with Crippen LogP contribution in [0.2, 0.25) is 0 Å². The molecule has 0 spiro atoms. The molecule has 0 saturated heterocycles. The summed E-state index contributed by atoms with van der Waals surface area (Å²) in [6.07, 6.45) is 4.30. The lowest BCUT2D eigenvalue weighted by molar-refractivity contribution is 0.0695. The molecule has 0 aromatic heterocycles. The van der Waals surface area contributed by atoms with E-state index in [1.165, 1.54) is 18.2 Å². The van der Waals surface area contributed by atoms with Gasteiger partial charge in [0.25, 0.3) is 0 Å². The zero-order chi connectivity index (χ0) is 15.2. The van der Waals surface area contributed by atoms with Crippen LogP contribution >= 0.6 is 15.9 Å². The summed E-state index contributed by atoms with van der Waals surface area (Å²) < 4.78 is 28.1. The normalized spacial score (nSPS) is 19.0. The van der Waals surface area contributed by atoms with Crippen LogP contribution in [-0.2, 0) is 10.0 Å². The lowest BCUT2D eigenvalue weighted by Crippen LogP contribution is -2.38. The van der Waals surface area contributed by atoms with Crippen molar-refractivity contribution in [1.82, 2.24) is 4.72 Å². The number of carboxylic acid groups (broad SMARTS) is 1. The van der Waals surface area contributed by atoms with Gasteiger partial charge in [-0.1, -0.05) is 0 Å². The van der Waals surface area contributed by atoms with Crippen LogP contribution in [-0.4, -0.2) is 25.5 Å². The van der Waals surface area contributed by atoms with E-state index in [0.717, 1.165) is 25.7 Å². The Hall–Kier alpha value is -0.920. The van der Waals surface area contributed by atoms with Crippen LogP contribution in [0.3, 0.4) is 0 Å². The number of hydrogen-bond donors (Lipinski definition) is 2. The van der Waals surface area contributed by atoms with Crippen molar-refractivity contribution in [2.45, 2.75) is 36.6 Å². The molecule has 3 rings (SSSR count). The largest absolute Gasteiger partial charge is 0.478 e. The first-order valence-electron chi connectivity index (χ1n) is 6.93. The van der Waals surface area contributed by atoms with Gasteiger partial charge >= 0.3 is 5.97 Å². The van der Waals surface area contributed by atoms with Crippen molar-refractivity contribution in [1.29, 1.82) is 0 Å². The van der Waals surface area contributed by atoms with Crippen molar-refractivity contribution in [2.24, 2.45) is 11.8 Å². The zero-order valence-corrected chi connectivity index (χ0v) is 13.7. The van der Waals surface area contributed by atoms with Gasteiger partial charge in [-0.05, 0) is 71.6 Å². The monoisotopic (exact) mass is 373 g/mol. The number of nitrogens with one attached hydrogen (secondary N) is 1. The quantitative estimate of drug-likeness (QED) is 0.802. The molecular formula is C14H16BrNO4S. The minimum absolute atomic E-state index is 0.00641. The molecule has 2 saturated carbocycles. The molecule has 1 aromatic carbocycles. The highest BCUT2D eigenvalue weighted by Gasteiger charge is 2.43. The summed E-state index contributed by atoms with van der Waals surface area (Å²) in [7, 11) is -3.68. The van der Waals surface area contributed by atoms with E-state index in [0.29, 0.717) is 16.3 Å². The molecule has 7 heteroatoms. The summed E-state index contributed by atoms with van der Waals surface area (Å²) in [5.74, 6) is -0.261. The number of sulfonamides is 1. The van der Waals surface area contributed by atoms with Gasteiger partial charge in [-0.15, -0.1) is 0 Å². The van der Waals surface area contributed by atoms with Crippen LogP contribution in [0.4, 0.5) is 0 Å². The molecule has 114 valence electrons. The van der Waals surface area contributed by atoms with Crippen LogP contribution in [0.1, 0.15) is 36.0 Å². The van der Waals surface area contributed by atoms with E-state index in [1.54, 1.807) is 0 Å². The maximum Gasteiger partial charge on any atom is 0.336 e. The van der Waals surface area contributed by atoms with Gasteiger partial charge in [0.1, 0.15) is 0 Å². The maximum absolute atomic E-state index is 12.5. The fourth-order valence-electron chi connectivity index (χ4n) is 2.57. The van der Waals surface area contributed by atoms with Gasteiger partial charge < -0.3 is 5.11 Å². The van der Waals surface area contributed by atoms with E-state index < -0.39 is 16.0 Å². The maximum atomic E-state index is 12.5. The molecular weight excluding hydrogens is 358 g/mol. The third-order valence-corrected chi connectivity index (χ3v) is 6.18. The van der Waals surface area contributed by atoms with Crippen molar-refractivity contribution in [3.05, 3.63) is 28.2 Å². The molecule has 21 heavy (non-hydrogen) atoms. The topological polar surface area (TPSA) is 83.5 Å².